The van der Waals surface area contributed by atoms with Gasteiger partial charge in [-0.25, -0.2) is 19.8 Å². The molecule has 1 N–H and O–H groups in total. The predicted octanol–water partition coefficient (Wildman–Crippen LogP) is 3.50. The van der Waals surface area contributed by atoms with Crippen LogP contribution in [0.25, 0.3) is 11.1 Å². The van der Waals surface area contributed by atoms with Crippen LogP contribution in [-0.4, -0.2) is 54.0 Å². The fourth-order valence-corrected chi connectivity index (χ4v) is 3.82. The van der Waals surface area contributed by atoms with Crippen molar-refractivity contribution in [3.05, 3.63) is 71.8 Å². The van der Waals surface area contributed by atoms with E-state index in [2.05, 4.69) is 15.3 Å². The second kappa shape index (κ2) is 9.05. The number of ether oxygens (including phenoxy) is 2. The van der Waals surface area contributed by atoms with Crippen LogP contribution in [0, 0.1) is 0 Å². The largest absolute Gasteiger partial charge is 0.493 e. The van der Waals surface area contributed by atoms with Gasteiger partial charge in [0.05, 0.1) is 26.0 Å². The van der Waals surface area contributed by atoms with Gasteiger partial charge in [0, 0.05) is 36.1 Å². The number of benzene rings is 2. The Labute approximate surface area is 186 Å². The van der Waals surface area contributed by atoms with E-state index in [1.807, 2.05) is 43.3 Å². The standard InChI is InChI=1S/C24H25N5O3/c1-15-9-18-10-21(31-3)22(32-4)11-20(18)23(28-29(15)24(30)25-2)17-7-5-16(6-8-17)19-12-26-14-27-13-19/h5-8,10-15H,9H2,1-4H3,(H,25,30). The van der Waals surface area contributed by atoms with Crippen molar-refractivity contribution in [3.63, 3.8) is 0 Å². The second-order valence-electron chi connectivity index (χ2n) is 7.47. The second-order valence-corrected chi connectivity index (χ2v) is 7.47. The molecule has 1 aliphatic heterocycles. The Bertz CT molecular complexity index is 1150. The van der Waals surface area contributed by atoms with Gasteiger partial charge < -0.3 is 14.8 Å². The van der Waals surface area contributed by atoms with Crippen LogP contribution in [0.4, 0.5) is 4.79 Å². The third-order valence-electron chi connectivity index (χ3n) is 5.48. The van der Waals surface area contributed by atoms with Crippen LogP contribution in [0.5, 0.6) is 11.5 Å². The number of aromatic nitrogens is 2. The summed E-state index contributed by atoms with van der Waals surface area (Å²) in [5.41, 5.74) is 5.41. The van der Waals surface area contributed by atoms with E-state index in [1.54, 1.807) is 33.7 Å². The number of hydrazone groups is 1. The number of amides is 2. The minimum absolute atomic E-state index is 0.148. The molecule has 32 heavy (non-hydrogen) atoms. The van der Waals surface area contributed by atoms with Crippen LogP contribution < -0.4 is 14.8 Å². The van der Waals surface area contributed by atoms with E-state index < -0.39 is 0 Å². The van der Waals surface area contributed by atoms with Gasteiger partial charge >= 0.3 is 6.03 Å². The monoisotopic (exact) mass is 431 g/mol. The van der Waals surface area contributed by atoms with Crippen molar-refractivity contribution in [2.75, 3.05) is 21.3 Å². The van der Waals surface area contributed by atoms with Gasteiger partial charge in [-0.15, -0.1) is 0 Å². The molecule has 0 spiro atoms. The Balaban J connectivity index is 1.86. The van der Waals surface area contributed by atoms with E-state index in [4.69, 9.17) is 14.6 Å². The lowest BCUT2D eigenvalue weighted by Crippen LogP contribution is -2.41. The van der Waals surface area contributed by atoms with E-state index >= 15 is 0 Å². The number of hydrogen-bond acceptors (Lipinski definition) is 6. The molecule has 2 heterocycles. The summed E-state index contributed by atoms with van der Waals surface area (Å²) in [7, 11) is 4.82. The first-order valence-corrected chi connectivity index (χ1v) is 10.3. The van der Waals surface area contributed by atoms with Crippen molar-refractivity contribution >= 4 is 11.7 Å². The molecule has 1 atom stereocenters. The summed E-state index contributed by atoms with van der Waals surface area (Å²) in [4.78, 5) is 20.8. The number of fused-ring (bicyclic) bond motifs is 1. The van der Waals surface area contributed by atoms with E-state index in [0.29, 0.717) is 23.6 Å². The van der Waals surface area contributed by atoms with Crippen molar-refractivity contribution in [2.24, 2.45) is 5.10 Å². The first-order valence-electron chi connectivity index (χ1n) is 10.3. The molecule has 0 fully saturated rings. The summed E-state index contributed by atoms with van der Waals surface area (Å²) in [5.74, 6) is 1.25. The first-order chi connectivity index (χ1) is 15.5. The zero-order chi connectivity index (χ0) is 22.7. The van der Waals surface area contributed by atoms with Gasteiger partial charge in [-0.2, -0.15) is 5.10 Å². The number of nitrogens with zero attached hydrogens (tertiary/aromatic N) is 4. The minimum Gasteiger partial charge on any atom is -0.493 e. The maximum atomic E-state index is 12.6. The van der Waals surface area contributed by atoms with Crippen LogP contribution in [0.1, 0.15) is 23.6 Å². The summed E-state index contributed by atoms with van der Waals surface area (Å²) in [6.07, 6.45) is 5.67. The van der Waals surface area contributed by atoms with E-state index in [-0.39, 0.29) is 12.1 Å². The van der Waals surface area contributed by atoms with Gasteiger partial charge in [0.1, 0.15) is 6.33 Å². The molecule has 0 saturated heterocycles. The summed E-state index contributed by atoms with van der Waals surface area (Å²) in [5, 5.41) is 8.97. The van der Waals surface area contributed by atoms with Gasteiger partial charge in [-0.05, 0) is 36.6 Å². The highest BCUT2D eigenvalue weighted by Crippen LogP contribution is 2.34. The lowest BCUT2D eigenvalue weighted by atomic mass is 9.93. The molecule has 3 aromatic rings. The third kappa shape index (κ3) is 3.99. The lowest BCUT2D eigenvalue weighted by Gasteiger charge is -2.22. The van der Waals surface area contributed by atoms with Gasteiger partial charge in [0.25, 0.3) is 0 Å². The molecule has 1 aromatic heterocycles. The molecule has 8 nitrogen and oxygen atoms in total. The molecule has 4 rings (SSSR count). The SMILES string of the molecule is CNC(=O)N1N=C(c2ccc(-c3cncnc3)cc2)c2cc(OC)c(OC)cc2CC1C. The Morgan fingerprint density at radius 2 is 1.62 bits per heavy atom. The topological polar surface area (TPSA) is 88.9 Å². The van der Waals surface area contributed by atoms with Crippen LogP contribution in [0.15, 0.2) is 60.2 Å². The van der Waals surface area contributed by atoms with E-state index in [0.717, 1.165) is 27.8 Å². The number of carbonyl (C=O) groups excluding carboxylic acids is 1. The highest BCUT2D eigenvalue weighted by atomic mass is 16.5. The molecule has 1 aliphatic rings. The average molecular weight is 431 g/mol. The average Bonchev–Trinajstić information content (AvgIpc) is 2.98. The summed E-state index contributed by atoms with van der Waals surface area (Å²) in [6.45, 7) is 1.97. The number of rotatable bonds is 4. The summed E-state index contributed by atoms with van der Waals surface area (Å²) < 4.78 is 11.0. The fourth-order valence-electron chi connectivity index (χ4n) is 3.82. The molecule has 2 aromatic carbocycles. The van der Waals surface area contributed by atoms with Crippen LogP contribution >= 0.6 is 0 Å². The maximum Gasteiger partial charge on any atom is 0.337 e. The first kappa shape index (κ1) is 21.3. The van der Waals surface area contributed by atoms with Crippen molar-refractivity contribution in [3.8, 4) is 22.6 Å². The molecule has 0 saturated carbocycles. The molecule has 2 amide bonds. The van der Waals surface area contributed by atoms with Gasteiger partial charge in [-0.3, -0.25) is 0 Å². The number of hydrogen-bond donors (Lipinski definition) is 1. The maximum absolute atomic E-state index is 12.6. The smallest absolute Gasteiger partial charge is 0.337 e. The number of nitrogens with one attached hydrogen (secondary N) is 1. The van der Waals surface area contributed by atoms with E-state index in [1.165, 1.54) is 11.3 Å². The summed E-state index contributed by atoms with van der Waals surface area (Å²) in [6, 6.07) is 11.4. The molecule has 1 unspecified atom stereocenters. The van der Waals surface area contributed by atoms with Crippen LogP contribution in [0.3, 0.4) is 0 Å². The van der Waals surface area contributed by atoms with Crippen LogP contribution in [-0.2, 0) is 6.42 Å². The van der Waals surface area contributed by atoms with Crippen molar-refractivity contribution in [2.45, 2.75) is 19.4 Å². The Morgan fingerprint density at radius 1 is 1.00 bits per heavy atom. The summed E-state index contributed by atoms with van der Waals surface area (Å²) >= 11 is 0. The molecule has 0 bridgehead atoms. The van der Waals surface area contributed by atoms with Gasteiger partial charge in [-0.1, -0.05) is 24.3 Å². The van der Waals surface area contributed by atoms with Gasteiger partial charge in [0.2, 0.25) is 0 Å². The molecular formula is C24H25N5O3. The lowest BCUT2D eigenvalue weighted by molar-refractivity contribution is 0.184. The minimum atomic E-state index is -0.264. The highest BCUT2D eigenvalue weighted by Gasteiger charge is 2.28. The highest BCUT2D eigenvalue weighted by molar-refractivity contribution is 6.14. The Hall–Kier alpha value is -3.94. The molecule has 8 heteroatoms. The third-order valence-corrected chi connectivity index (χ3v) is 5.48. The number of methoxy groups -OCH3 is 2. The van der Waals surface area contributed by atoms with Gasteiger partial charge in [0.15, 0.2) is 11.5 Å². The molecule has 164 valence electrons. The molecule has 0 aliphatic carbocycles. The zero-order valence-electron chi connectivity index (χ0n) is 18.5. The zero-order valence-corrected chi connectivity index (χ0v) is 18.5. The predicted molar refractivity (Wildman–Crippen MR) is 122 cm³/mol. The number of urea groups is 1. The Kier molecular flexibility index (Phi) is 6.02. The fraction of sp³-hybridized carbons (Fsp3) is 0.250. The number of carbonyl (C=O) groups is 1. The molecular weight excluding hydrogens is 406 g/mol. The quantitative estimate of drug-likeness (QED) is 0.683. The van der Waals surface area contributed by atoms with Crippen LogP contribution in [0.2, 0.25) is 0 Å². The normalized spacial score (nSPS) is 15.3. The molecule has 0 radical (unpaired) electrons. The van der Waals surface area contributed by atoms with Crippen molar-refractivity contribution < 1.29 is 14.3 Å². The van der Waals surface area contributed by atoms with Crippen molar-refractivity contribution in [1.29, 1.82) is 0 Å². The van der Waals surface area contributed by atoms with Crippen molar-refractivity contribution in [1.82, 2.24) is 20.3 Å². The Morgan fingerprint density at radius 3 is 2.25 bits per heavy atom. The van der Waals surface area contributed by atoms with E-state index in [9.17, 15) is 4.79 Å².